The Morgan fingerprint density at radius 1 is 1.10 bits per heavy atom. The molecule has 0 aliphatic rings. The number of rotatable bonds is 9. The second-order valence-corrected chi connectivity index (χ2v) is 7.51. The summed E-state index contributed by atoms with van der Waals surface area (Å²) < 4.78 is 1.40. The number of benzene rings is 1. The van der Waals surface area contributed by atoms with Gasteiger partial charge in [0.1, 0.15) is 0 Å². The molecular weight excluding hydrogens is 294 g/mol. The molecule has 1 aromatic carbocycles. The van der Waals surface area contributed by atoms with Gasteiger partial charge in [0.15, 0.2) is 0 Å². The molecule has 0 spiro atoms. The van der Waals surface area contributed by atoms with E-state index in [4.69, 9.17) is 0 Å². The van der Waals surface area contributed by atoms with Gasteiger partial charge in [-0.05, 0) is 42.0 Å². The van der Waals surface area contributed by atoms with Crippen LogP contribution in [0.25, 0.3) is 0 Å². The molecule has 1 unspecified atom stereocenters. The molecule has 0 radical (unpaired) electrons. The summed E-state index contributed by atoms with van der Waals surface area (Å²) >= 11 is 3.78. The van der Waals surface area contributed by atoms with E-state index < -0.39 is 0 Å². The molecule has 1 aromatic heterocycles. The zero-order valence-electron chi connectivity index (χ0n) is 13.0. The summed E-state index contributed by atoms with van der Waals surface area (Å²) in [5.74, 6) is 1.09. The molecule has 0 aliphatic heterocycles. The number of thiophene rings is 1. The van der Waals surface area contributed by atoms with E-state index in [1.54, 1.807) is 0 Å². The van der Waals surface area contributed by atoms with Crippen molar-refractivity contribution in [2.45, 2.75) is 43.4 Å². The first-order valence-electron chi connectivity index (χ1n) is 7.82. The van der Waals surface area contributed by atoms with Gasteiger partial charge in [-0.2, -0.15) is 0 Å². The van der Waals surface area contributed by atoms with Crippen LogP contribution in [0, 0.1) is 0 Å². The molecule has 2 aromatic rings. The quantitative estimate of drug-likeness (QED) is 0.610. The lowest BCUT2D eigenvalue weighted by Crippen LogP contribution is -2.24. The lowest BCUT2D eigenvalue weighted by atomic mass is 10.0. The molecule has 0 saturated heterocycles. The van der Waals surface area contributed by atoms with Gasteiger partial charge in [-0.25, -0.2) is 0 Å². The van der Waals surface area contributed by atoms with Crippen LogP contribution in [0.4, 0.5) is 0 Å². The van der Waals surface area contributed by atoms with E-state index in [9.17, 15) is 0 Å². The molecule has 114 valence electrons. The highest BCUT2D eigenvalue weighted by atomic mass is 32.2. The van der Waals surface area contributed by atoms with Crippen LogP contribution in [0.15, 0.2) is 46.0 Å². The van der Waals surface area contributed by atoms with Gasteiger partial charge < -0.3 is 5.32 Å². The Balaban J connectivity index is 1.99. The van der Waals surface area contributed by atoms with Gasteiger partial charge in [-0.15, -0.1) is 23.1 Å². The predicted octanol–water partition coefficient (Wildman–Crippen LogP) is 5.53. The minimum Gasteiger partial charge on any atom is -0.309 e. The predicted molar refractivity (Wildman–Crippen MR) is 96.5 cm³/mol. The summed E-state index contributed by atoms with van der Waals surface area (Å²) in [5, 5.41) is 5.83. The SMILES string of the molecule is CCCNC(CSc1cccs1)c1ccc(CCC)cc1. The Labute approximate surface area is 137 Å². The van der Waals surface area contributed by atoms with Crippen LogP contribution >= 0.6 is 23.1 Å². The minimum absolute atomic E-state index is 0.438. The lowest BCUT2D eigenvalue weighted by Gasteiger charge is -2.19. The number of hydrogen-bond donors (Lipinski definition) is 1. The summed E-state index contributed by atoms with van der Waals surface area (Å²) in [6.07, 6.45) is 3.57. The average molecular weight is 320 g/mol. The van der Waals surface area contributed by atoms with Crippen LogP contribution in [0.5, 0.6) is 0 Å². The average Bonchev–Trinajstić information content (AvgIpc) is 3.02. The molecule has 2 rings (SSSR count). The van der Waals surface area contributed by atoms with Crippen molar-refractivity contribution in [1.29, 1.82) is 0 Å². The van der Waals surface area contributed by atoms with Gasteiger partial charge in [0.2, 0.25) is 0 Å². The Kier molecular flexibility index (Phi) is 7.34. The fourth-order valence-corrected chi connectivity index (χ4v) is 4.22. The Bertz CT molecular complexity index is 490. The molecule has 21 heavy (non-hydrogen) atoms. The topological polar surface area (TPSA) is 12.0 Å². The third-order valence-corrected chi connectivity index (χ3v) is 5.67. The highest BCUT2D eigenvalue weighted by Crippen LogP contribution is 2.28. The van der Waals surface area contributed by atoms with Crippen molar-refractivity contribution in [2.75, 3.05) is 12.3 Å². The van der Waals surface area contributed by atoms with Gasteiger partial charge in [-0.3, -0.25) is 0 Å². The first kappa shape index (κ1) is 16.6. The number of hydrogen-bond acceptors (Lipinski definition) is 3. The van der Waals surface area contributed by atoms with Crippen molar-refractivity contribution in [1.82, 2.24) is 5.32 Å². The van der Waals surface area contributed by atoms with Gasteiger partial charge in [0.25, 0.3) is 0 Å². The standard InChI is InChI=1S/C18H25NS2/c1-3-6-15-8-10-16(11-9-15)17(19-12-4-2)14-21-18-7-5-13-20-18/h5,7-11,13,17,19H,3-4,6,12,14H2,1-2H3. The number of nitrogens with one attached hydrogen (secondary N) is 1. The Morgan fingerprint density at radius 2 is 1.90 bits per heavy atom. The molecule has 1 heterocycles. The fourth-order valence-electron chi connectivity index (χ4n) is 2.31. The molecule has 0 fully saturated rings. The maximum absolute atomic E-state index is 3.68. The van der Waals surface area contributed by atoms with Crippen LogP contribution in [0.1, 0.15) is 43.9 Å². The summed E-state index contributed by atoms with van der Waals surface area (Å²) in [7, 11) is 0. The Hall–Kier alpha value is -0.770. The maximum atomic E-state index is 3.68. The maximum Gasteiger partial charge on any atom is 0.0599 e. The largest absolute Gasteiger partial charge is 0.309 e. The minimum atomic E-state index is 0.438. The van der Waals surface area contributed by atoms with Gasteiger partial charge in [0.05, 0.1) is 4.21 Å². The van der Waals surface area contributed by atoms with E-state index >= 15 is 0 Å². The number of thioether (sulfide) groups is 1. The third kappa shape index (κ3) is 5.50. The van der Waals surface area contributed by atoms with Crippen LogP contribution in [0.2, 0.25) is 0 Å². The second-order valence-electron chi connectivity index (χ2n) is 5.24. The molecule has 0 bridgehead atoms. The van der Waals surface area contributed by atoms with Gasteiger partial charge in [-0.1, -0.05) is 50.6 Å². The summed E-state index contributed by atoms with van der Waals surface area (Å²) in [4.78, 5) is 0. The molecule has 1 N–H and O–H groups in total. The van der Waals surface area contributed by atoms with Crippen molar-refractivity contribution < 1.29 is 0 Å². The van der Waals surface area contributed by atoms with Crippen molar-refractivity contribution in [2.24, 2.45) is 0 Å². The van der Waals surface area contributed by atoms with E-state index in [2.05, 4.69) is 60.9 Å². The first-order valence-corrected chi connectivity index (χ1v) is 9.68. The van der Waals surface area contributed by atoms with Crippen LogP contribution in [-0.4, -0.2) is 12.3 Å². The second kappa shape index (κ2) is 9.29. The zero-order chi connectivity index (χ0) is 14.9. The van der Waals surface area contributed by atoms with Gasteiger partial charge >= 0.3 is 0 Å². The van der Waals surface area contributed by atoms with E-state index in [0.29, 0.717) is 6.04 Å². The fraction of sp³-hybridized carbons (Fsp3) is 0.444. The third-order valence-electron chi connectivity index (χ3n) is 3.45. The van der Waals surface area contributed by atoms with Gasteiger partial charge in [0, 0.05) is 11.8 Å². The number of aryl methyl sites for hydroxylation is 1. The van der Waals surface area contributed by atoms with Crippen molar-refractivity contribution >= 4 is 23.1 Å². The first-order chi connectivity index (χ1) is 10.3. The van der Waals surface area contributed by atoms with Crippen molar-refractivity contribution in [3.05, 3.63) is 52.9 Å². The van der Waals surface area contributed by atoms with E-state index in [0.717, 1.165) is 12.3 Å². The smallest absolute Gasteiger partial charge is 0.0599 e. The van der Waals surface area contributed by atoms with Crippen molar-refractivity contribution in [3.8, 4) is 0 Å². The monoisotopic (exact) mass is 319 g/mol. The van der Waals surface area contributed by atoms with Crippen LogP contribution < -0.4 is 5.32 Å². The molecule has 0 saturated carbocycles. The Morgan fingerprint density at radius 3 is 2.52 bits per heavy atom. The molecule has 1 atom stereocenters. The van der Waals surface area contributed by atoms with Crippen LogP contribution in [0.3, 0.4) is 0 Å². The molecular formula is C18H25NS2. The summed E-state index contributed by atoms with van der Waals surface area (Å²) in [6.45, 7) is 5.53. The van der Waals surface area contributed by atoms with E-state index in [1.807, 2.05) is 23.1 Å². The summed E-state index contributed by atoms with van der Waals surface area (Å²) in [6, 6.07) is 13.9. The van der Waals surface area contributed by atoms with Crippen LogP contribution in [-0.2, 0) is 6.42 Å². The zero-order valence-corrected chi connectivity index (χ0v) is 14.6. The lowest BCUT2D eigenvalue weighted by molar-refractivity contribution is 0.577. The highest BCUT2D eigenvalue weighted by Gasteiger charge is 2.11. The van der Waals surface area contributed by atoms with Crippen molar-refractivity contribution in [3.63, 3.8) is 0 Å². The normalized spacial score (nSPS) is 12.5. The molecule has 0 aliphatic carbocycles. The van der Waals surface area contributed by atoms with E-state index in [-0.39, 0.29) is 0 Å². The molecule has 3 heteroatoms. The molecule has 0 amide bonds. The molecule has 1 nitrogen and oxygen atoms in total. The van der Waals surface area contributed by atoms with E-state index in [1.165, 1.54) is 34.6 Å². The summed E-state index contributed by atoms with van der Waals surface area (Å²) in [5.41, 5.74) is 2.86. The highest BCUT2D eigenvalue weighted by molar-refractivity contribution is 8.01.